The summed E-state index contributed by atoms with van der Waals surface area (Å²) in [7, 11) is 0. The van der Waals surface area contributed by atoms with Crippen molar-refractivity contribution in [3.63, 3.8) is 0 Å². The van der Waals surface area contributed by atoms with Gasteiger partial charge in [0, 0.05) is 0 Å². The smallest absolute Gasteiger partial charge is 0.335 e. The lowest BCUT2D eigenvalue weighted by molar-refractivity contribution is -0.146. The molecule has 1 heterocycles. The lowest BCUT2D eigenvalue weighted by Gasteiger charge is -2.21. The van der Waals surface area contributed by atoms with E-state index in [9.17, 15) is 19.2 Å². The highest BCUT2D eigenvalue weighted by Gasteiger charge is 2.47. The van der Waals surface area contributed by atoms with Gasteiger partial charge in [-0.05, 0) is 12.5 Å². The standard InChI is InChI=1S/C13H12N2O5/c1-8(9-5-3-2-4-6-9)15-12(19)11(18)14(13(15)20)7-10(16)17/h2-6,8H,7H2,1H3,(H,16,17). The molecule has 1 N–H and O–H groups in total. The van der Waals surface area contributed by atoms with Gasteiger partial charge in [0.25, 0.3) is 0 Å². The fraction of sp³-hybridized carbons (Fsp3) is 0.231. The highest BCUT2D eigenvalue weighted by atomic mass is 16.4. The third-order valence-electron chi connectivity index (χ3n) is 3.05. The number of amides is 4. The maximum atomic E-state index is 12.0. The molecule has 1 unspecified atom stereocenters. The normalized spacial score (nSPS) is 16.8. The maximum Gasteiger partial charge on any atom is 0.335 e. The van der Waals surface area contributed by atoms with Crippen LogP contribution < -0.4 is 0 Å². The number of carboxylic acid groups (broad SMARTS) is 1. The van der Waals surface area contributed by atoms with Crippen LogP contribution in [-0.4, -0.2) is 45.3 Å². The molecular weight excluding hydrogens is 264 g/mol. The Morgan fingerprint density at radius 1 is 1.15 bits per heavy atom. The van der Waals surface area contributed by atoms with Crippen LogP contribution in [0.4, 0.5) is 4.79 Å². The molecule has 104 valence electrons. The molecule has 1 saturated heterocycles. The SMILES string of the molecule is CC(c1ccccc1)N1C(=O)C(=O)N(CC(=O)O)C1=O. The van der Waals surface area contributed by atoms with Crippen LogP contribution in [0, 0.1) is 0 Å². The lowest BCUT2D eigenvalue weighted by Crippen LogP contribution is -2.37. The second-order valence-electron chi connectivity index (χ2n) is 4.33. The minimum Gasteiger partial charge on any atom is -0.480 e. The van der Waals surface area contributed by atoms with Crippen molar-refractivity contribution >= 4 is 23.8 Å². The van der Waals surface area contributed by atoms with E-state index in [1.54, 1.807) is 37.3 Å². The number of nitrogens with zero attached hydrogens (tertiary/aromatic N) is 2. The number of rotatable bonds is 4. The van der Waals surface area contributed by atoms with Crippen molar-refractivity contribution in [1.82, 2.24) is 9.80 Å². The molecule has 0 radical (unpaired) electrons. The van der Waals surface area contributed by atoms with Crippen LogP contribution in [-0.2, 0) is 14.4 Å². The first-order chi connectivity index (χ1) is 9.43. The van der Waals surface area contributed by atoms with Gasteiger partial charge in [0.15, 0.2) is 0 Å². The van der Waals surface area contributed by atoms with Crippen molar-refractivity contribution in [2.45, 2.75) is 13.0 Å². The van der Waals surface area contributed by atoms with Crippen molar-refractivity contribution < 1.29 is 24.3 Å². The molecule has 4 amide bonds. The van der Waals surface area contributed by atoms with Gasteiger partial charge in [-0.2, -0.15) is 0 Å². The Hall–Kier alpha value is -2.70. The minimum absolute atomic E-state index is 0.435. The average Bonchev–Trinajstić information content (AvgIpc) is 2.63. The Morgan fingerprint density at radius 2 is 1.75 bits per heavy atom. The number of carbonyl (C=O) groups is 4. The second-order valence-corrected chi connectivity index (χ2v) is 4.33. The highest BCUT2D eigenvalue weighted by molar-refractivity contribution is 6.45. The van der Waals surface area contributed by atoms with E-state index in [1.165, 1.54) is 0 Å². The molecule has 1 aliphatic rings. The second kappa shape index (κ2) is 5.12. The van der Waals surface area contributed by atoms with Crippen molar-refractivity contribution in [2.75, 3.05) is 6.54 Å². The first kappa shape index (κ1) is 13.7. The number of hydrogen-bond donors (Lipinski definition) is 1. The summed E-state index contributed by atoms with van der Waals surface area (Å²) in [6, 6.07) is 7.16. The third kappa shape index (κ3) is 2.25. The summed E-state index contributed by atoms with van der Waals surface area (Å²) >= 11 is 0. The quantitative estimate of drug-likeness (QED) is 0.642. The van der Waals surface area contributed by atoms with E-state index in [2.05, 4.69) is 0 Å². The molecule has 20 heavy (non-hydrogen) atoms. The van der Waals surface area contributed by atoms with E-state index in [1.807, 2.05) is 0 Å². The van der Waals surface area contributed by atoms with Gasteiger partial charge in [-0.15, -0.1) is 0 Å². The number of imide groups is 2. The molecule has 7 heteroatoms. The Balaban J connectivity index is 2.29. The van der Waals surface area contributed by atoms with Gasteiger partial charge in [0.1, 0.15) is 6.54 Å². The third-order valence-corrected chi connectivity index (χ3v) is 3.05. The van der Waals surface area contributed by atoms with Crippen molar-refractivity contribution in [3.05, 3.63) is 35.9 Å². The maximum absolute atomic E-state index is 12.0. The van der Waals surface area contributed by atoms with Gasteiger partial charge < -0.3 is 5.11 Å². The number of aliphatic carboxylic acids is 1. The van der Waals surface area contributed by atoms with E-state index >= 15 is 0 Å². The van der Waals surface area contributed by atoms with Gasteiger partial charge in [-0.1, -0.05) is 30.3 Å². The number of benzene rings is 1. The summed E-state index contributed by atoms with van der Waals surface area (Å²) in [5, 5.41) is 8.66. The van der Waals surface area contributed by atoms with Crippen LogP contribution >= 0.6 is 0 Å². The van der Waals surface area contributed by atoms with E-state index in [0.29, 0.717) is 10.5 Å². The topological polar surface area (TPSA) is 95.0 Å². The first-order valence-electron chi connectivity index (χ1n) is 5.89. The number of hydrogen-bond acceptors (Lipinski definition) is 4. The van der Waals surface area contributed by atoms with Crippen molar-refractivity contribution in [1.29, 1.82) is 0 Å². The molecule has 0 saturated carbocycles. The zero-order valence-electron chi connectivity index (χ0n) is 10.6. The van der Waals surface area contributed by atoms with Crippen molar-refractivity contribution in [3.8, 4) is 0 Å². The molecule has 1 fully saturated rings. The van der Waals surface area contributed by atoms with Gasteiger partial charge in [0.05, 0.1) is 6.04 Å². The van der Waals surface area contributed by atoms with Crippen LogP contribution in [0.2, 0.25) is 0 Å². The number of carbonyl (C=O) groups excluding carboxylic acids is 3. The van der Waals surface area contributed by atoms with Crippen LogP contribution in [0.25, 0.3) is 0 Å². The zero-order chi connectivity index (χ0) is 14.9. The number of urea groups is 1. The summed E-state index contributed by atoms with van der Waals surface area (Å²) in [4.78, 5) is 47.4. The predicted octanol–water partition coefficient (Wildman–Crippen LogP) is 0.623. The molecule has 0 bridgehead atoms. The fourth-order valence-corrected chi connectivity index (χ4v) is 2.02. The molecule has 2 rings (SSSR count). The monoisotopic (exact) mass is 276 g/mol. The zero-order valence-corrected chi connectivity index (χ0v) is 10.6. The Kier molecular flexibility index (Phi) is 3.51. The average molecular weight is 276 g/mol. The van der Waals surface area contributed by atoms with Crippen molar-refractivity contribution in [2.24, 2.45) is 0 Å². The van der Waals surface area contributed by atoms with Crippen LogP contribution in [0.1, 0.15) is 18.5 Å². The highest BCUT2D eigenvalue weighted by Crippen LogP contribution is 2.25. The Bertz CT molecular complexity index is 584. The number of carboxylic acids is 1. The van der Waals surface area contributed by atoms with Crippen LogP contribution in [0.15, 0.2) is 30.3 Å². The largest absolute Gasteiger partial charge is 0.480 e. The minimum atomic E-state index is -1.35. The Morgan fingerprint density at radius 3 is 2.30 bits per heavy atom. The van der Waals surface area contributed by atoms with Crippen LogP contribution in [0.5, 0.6) is 0 Å². The molecule has 1 aromatic carbocycles. The molecule has 0 aliphatic carbocycles. The van der Waals surface area contributed by atoms with Gasteiger partial charge in [0.2, 0.25) is 0 Å². The first-order valence-corrected chi connectivity index (χ1v) is 5.89. The fourth-order valence-electron chi connectivity index (χ4n) is 2.02. The summed E-state index contributed by atoms with van der Waals surface area (Å²) in [6.45, 7) is 0.782. The van der Waals surface area contributed by atoms with E-state index in [4.69, 9.17) is 5.11 Å². The molecule has 1 atom stereocenters. The molecule has 0 spiro atoms. The molecule has 1 aromatic rings. The summed E-state index contributed by atoms with van der Waals surface area (Å²) in [6.07, 6.45) is 0. The van der Waals surface area contributed by atoms with Gasteiger partial charge in [-0.3, -0.25) is 14.4 Å². The van der Waals surface area contributed by atoms with Crippen LogP contribution in [0.3, 0.4) is 0 Å². The van der Waals surface area contributed by atoms with Gasteiger partial charge in [-0.25, -0.2) is 14.6 Å². The lowest BCUT2D eigenvalue weighted by atomic mass is 10.1. The summed E-state index contributed by atoms with van der Waals surface area (Å²) in [5.74, 6) is -3.47. The molecule has 1 aliphatic heterocycles. The van der Waals surface area contributed by atoms with Gasteiger partial charge >= 0.3 is 23.8 Å². The molecule has 0 aromatic heterocycles. The predicted molar refractivity (Wildman–Crippen MR) is 66.4 cm³/mol. The van der Waals surface area contributed by atoms with E-state index in [0.717, 1.165) is 4.90 Å². The molecular formula is C13H12N2O5. The Labute approximate surface area is 114 Å². The van der Waals surface area contributed by atoms with E-state index < -0.39 is 36.4 Å². The summed E-state index contributed by atoms with van der Waals surface area (Å²) < 4.78 is 0. The van der Waals surface area contributed by atoms with E-state index in [-0.39, 0.29) is 0 Å². The summed E-state index contributed by atoms with van der Waals surface area (Å²) in [5.41, 5.74) is 0.680. The molecule has 7 nitrogen and oxygen atoms in total.